The van der Waals surface area contributed by atoms with Gasteiger partial charge in [-0.3, -0.25) is 0 Å². The van der Waals surface area contributed by atoms with Crippen molar-refractivity contribution in [2.24, 2.45) is 0 Å². The lowest BCUT2D eigenvalue weighted by atomic mass is 10.1. The molecule has 15 heavy (non-hydrogen) atoms. The van der Waals surface area contributed by atoms with E-state index in [-0.39, 0.29) is 11.4 Å². The Morgan fingerprint density at radius 2 is 2.00 bits per heavy atom. The Morgan fingerprint density at radius 3 is 2.53 bits per heavy atom. The summed E-state index contributed by atoms with van der Waals surface area (Å²) in [5.74, 6) is 0.703. The Balaban J connectivity index is 3.18. The summed E-state index contributed by atoms with van der Waals surface area (Å²) >= 11 is 0. The highest BCUT2D eigenvalue weighted by Gasteiger charge is 2.14. The van der Waals surface area contributed by atoms with Crippen LogP contribution in [0.2, 0.25) is 0 Å². The van der Waals surface area contributed by atoms with Gasteiger partial charge in [-0.2, -0.15) is 0 Å². The molecule has 1 rings (SSSR count). The molecule has 0 amide bonds. The van der Waals surface area contributed by atoms with Gasteiger partial charge in [0, 0.05) is 12.0 Å². The summed E-state index contributed by atoms with van der Waals surface area (Å²) in [4.78, 5) is 11.6. The van der Waals surface area contributed by atoms with Gasteiger partial charge >= 0.3 is 5.63 Å². The second-order valence-corrected chi connectivity index (χ2v) is 3.72. The molecule has 1 aromatic rings. The lowest BCUT2D eigenvalue weighted by molar-refractivity contribution is 0.406. The van der Waals surface area contributed by atoms with E-state index in [1.165, 1.54) is 0 Å². The summed E-state index contributed by atoms with van der Waals surface area (Å²) < 4.78 is 5.15. The molecule has 0 bridgehead atoms. The van der Waals surface area contributed by atoms with Gasteiger partial charge in [0.25, 0.3) is 0 Å². The van der Waals surface area contributed by atoms with Gasteiger partial charge < -0.3 is 9.52 Å². The third kappa shape index (κ3) is 2.41. The van der Waals surface area contributed by atoms with Crippen molar-refractivity contribution in [1.29, 1.82) is 0 Å². The zero-order valence-electron chi connectivity index (χ0n) is 9.59. The standard InChI is InChI=1S/C12H18O3/c1-4-6-7-9-11(13)8(3)10(5-2)15-12(9)14/h13H,4-7H2,1-3H3. The number of aryl methyl sites for hydroxylation is 1. The van der Waals surface area contributed by atoms with Crippen molar-refractivity contribution >= 4 is 0 Å². The molecule has 0 aromatic carbocycles. The number of hydrogen-bond acceptors (Lipinski definition) is 3. The average molecular weight is 210 g/mol. The molecule has 0 unspecified atom stereocenters. The number of unbranched alkanes of at least 4 members (excludes halogenated alkanes) is 1. The van der Waals surface area contributed by atoms with E-state index in [0.29, 0.717) is 29.7 Å². The molecule has 0 atom stereocenters. The van der Waals surface area contributed by atoms with E-state index in [1.54, 1.807) is 6.92 Å². The molecule has 0 radical (unpaired) electrons. The van der Waals surface area contributed by atoms with E-state index < -0.39 is 0 Å². The summed E-state index contributed by atoms with van der Waals surface area (Å²) in [5, 5.41) is 9.86. The fraction of sp³-hybridized carbons (Fsp3) is 0.583. The van der Waals surface area contributed by atoms with Crippen LogP contribution in [0.25, 0.3) is 0 Å². The molecule has 0 aliphatic carbocycles. The molecule has 3 nitrogen and oxygen atoms in total. The Hall–Kier alpha value is -1.25. The Morgan fingerprint density at radius 1 is 1.33 bits per heavy atom. The third-order valence-corrected chi connectivity index (χ3v) is 2.62. The molecule has 0 aliphatic rings. The average Bonchev–Trinajstić information content (AvgIpc) is 2.23. The minimum Gasteiger partial charge on any atom is -0.507 e. The zero-order chi connectivity index (χ0) is 11.4. The van der Waals surface area contributed by atoms with Crippen LogP contribution in [-0.4, -0.2) is 5.11 Å². The lowest BCUT2D eigenvalue weighted by Gasteiger charge is -2.08. The summed E-state index contributed by atoms with van der Waals surface area (Å²) in [6, 6.07) is 0. The first kappa shape index (κ1) is 11.8. The monoisotopic (exact) mass is 210 g/mol. The maximum absolute atomic E-state index is 11.6. The molecule has 0 aliphatic heterocycles. The quantitative estimate of drug-likeness (QED) is 0.830. The summed E-state index contributed by atoms with van der Waals surface area (Å²) in [7, 11) is 0. The number of aromatic hydroxyl groups is 1. The van der Waals surface area contributed by atoms with Crippen LogP contribution in [0, 0.1) is 6.92 Å². The van der Waals surface area contributed by atoms with Gasteiger partial charge in [-0.25, -0.2) is 4.79 Å². The second-order valence-electron chi connectivity index (χ2n) is 3.72. The van der Waals surface area contributed by atoms with Crippen LogP contribution in [-0.2, 0) is 12.8 Å². The molecule has 3 heteroatoms. The van der Waals surface area contributed by atoms with Gasteiger partial charge in [0.1, 0.15) is 11.5 Å². The topological polar surface area (TPSA) is 50.4 Å². The van der Waals surface area contributed by atoms with Crippen molar-refractivity contribution in [2.45, 2.75) is 46.5 Å². The van der Waals surface area contributed by atoms with Crippen molar-refractivity contribution in [1.82, 2.24) is 0 Å². The first-order valence-corrected chi connectivity index (χ1v) is 5.46. The van der Waals surface area contributed by atoms with Crippen LogP contribution in [0.5, 0.6) is 5.75 Å². The van der Waals surface area contributed by atoms with E-state index in [1.807, 2.05) is 13.8 Å². The van der Waals surface area contributed by atoms with Crippen molar-refractivity contribution in [3.05, 3.63) is 27.3 Å². The van der Waals surface area contributed by atoms with Crippen LogP contribution in [0.1, 0.15) is 43.6 Å². The molecule has 84 valence electrons. The van der Waals surface area contributed by atoms with Crippen LogP contribution < -0.4 is 5.63 Å². The minimum atomic E-state index is -0.386. The maximum Gasteiger partial charge on any atom is 0.342 e. The molecule has 0 fully saturated rings. The normalized spacial score (nSPS) is 10.6. The second kappa shape index (κ2) is 5.01. The highest BCUT2D eigenvalue weighted by molar-refractivity contribution is 5.39. The van der Waals surface area contributed by atoms with E-state index in [9.17, 15) is 9.90 Å². The highest BCUT2D eigenvalue weighted by Crippen LogP contribution is 2.23. The molecule has 1 aromatic heterocycles. The number of hydrogen-bond donors (Lipinski definition) is 1. The molecule has 1 heterocycles. The predicted molar refractivity (Wildman–Crippen MR) is 59.4 cm³/mol. The number of rotatable bonds is 4. The predicted octanol–water partition coefficient (Wildman–Crippen LogP) is 2.56. The maximum atomic E-state index is 11.6. The molecule has 0 spiro atoms. The van der Waals surface area contributed by atoms with E-state index >= 15 is 0 Å². The van der Waals surface area contributed by atoms with Crippen molar-refractivity contribution in [3.8, 4) is 5.75 Å². The van der Waals surface area contributed by atoms with Crippen LogP contribution in [0.4, 0.5) is 0 Å². The highest BCUT2D eigenvalue weighted by atomic mass is 16.4. The van der Waals surface area contributed by atoms with E-state index in [4.69, 9.17) is 4.42 Å². The first-order valence-electron chi connectivity index (χ1n) is 5.46. The van der Waals surface area contributed by atoms with Gasteiger partial charge in [-0.15, -0.1) is 0 Å². The van der Waals surface area contributed by atoms with E-state index in [2.05, 4.69) is 0 Å². The van der Waals surface area contributed by atoms with Crippen LogP contribution >= 0.6 is 0 Å². The van der Waals surface area contributed by atoms with Crippen LogP contribution in [0.3, 0.4) is 0 Å². The van der Waals surface area contributed by atoms with Gasteiger partial charge in [0.05, 0.1) is 5.56 Å². The van der Waals surface area contributed by atoms with Crippen molar-refractivity contribution in [3.63, 3.8) is 0 Å². The largest absolute Gasteiger partial charge is 0.507 e. The van der Waals surface area contributed by atoms with Crippen LogP contribution in [0.15, 0.2) is 9.21 Å². The zero-order valence-corrected chi connectivity index (χ0v) is 9.59. The van der Waals surface area contributed by atoms with Crippen molar-refractivity contribution < 1.29 is 9.52 Å². The fourth-order valence-corrected chi connectivity index (χ4v) is 1.62. The Kier molecular flexibility index (Phi) is 3.95. The minimum absolute atomic E-state index is 0.122. The summed E-state index contributed by atoms with van der Waals surface area (Å²) in [5.41, 5.74) is 0.734. The molecular formula is C12H18O3. The summed E-state index contributed by atoms with van der Waals surface area (Å²) in [6.07, 6.45) is 3.11. The molecule has 0 saturated carbocycles. The molecule has 0 saturated heterocycles. The fourth-order valence-electron chi connectivity index (χ4n) is 1.62. The SMILES string of the molecule is CCCCc1c(O)c(C)c(CC)oc1=O. The van der Waals surface area contributed by atoms with Crippen molar-refractivity contribution in [2.75, 3.05) is 0 Å². The lowest BCUT2D eigenvalue weighted by Crippen LogP contribution is -2.11. The van der Waals surface area contributed by atoms with Gasteiger partial charge in [-0.1, -0.05) is 20.3 Å². The third-order valence-electron chi connectivity index (χ3n) is 2.62. The molecular weight excluding hydrogens is 192 g/mol. The Bertz CT molecular complexity index is 391. The smallest absolute Gasteiger partial charge is 0.342 e. The van der Waals surface area contributed by atoms with Gasteiger partial charge in [-0.05, 0) is 19.8 Å². The summed E-state index contributed by atoms with van der Waals surface area (Å²) in [6.45, 7) is 5.73. The molecule has 1 N–H and O–H groups in total. The van der Waals surface area contributed by atoms with Gasteiger partial charge in [0.15, 0.2) is 0 Å². The first-order chi connectivity index (χ1) is 7.11. The Labute approximate surface area is 89.7 Å². The van der Waals surface area contributed by atoms with E-state index in [0.717, 1.165) is 12.8 Å². The van der Waals surface area contributed by atoms with Gasteiger partial charge in [0.2, 0.25) is 0 Å².